The van der Waals surface area contributed by atoms with Crippen molar-refractivity contribution in [2.45, 2.75) is 26.3 Å². The number of hydrogen-bond acceptors (Lipinski definition) is 4. The molecular weight excluding hydrogens is 233 g/mol. The van der Waals surface area contributed by atoms with E-state index in [9.17, 15) is 4.39 Å². The number of halogens is 2. The fraction of sp³-hybridized carbons (Fsp3) is 0.600. The summed E-state index contributed by atoms with van der Waals surface area (Å²) in [6, 6.07) is 0.0759. The Morgan fingerprint density at radius 3 is 2.81 bits per heavy atom. The van der Waals surface area contributed by atoms with E-state index in [1.54, 1.807) is 4.90 Å². The predicted molar refractivity (Wildman–Crippen MR) is 61.2 cm³/mol. The molecule has 90 valence electrons. The van der Waals surface area contributed by atoms with Gasteiger partial charge in [-0.25, -0.2) is 9.37 Å². The van der Waals surface area contributed by atoms with Crippen molar-refractivity contribution in [3.8, 4) is 0 Å². The lowest BCUT2D eigenvalue weighted by atomic mass is 10.3. The molecule has 0 saturated heterocycles. The zero-order valence-electron chi connectivity index (χ0n) is 9.32. The normalized spacial score (nSPS) is 10.9. The molecule has 0 fully saturated rings. The highest BCUT2D eigenvalue weighted by atomic mass is 35.5. The average Bonchev–Trinajstić information content (AvgIpc) is 2.23. The Morgan fingerprint density at radius 1 is 1.56 bits per heavy atom. The van der Waals surface area contributed by atoms with E-state index in [4.69, 9.17) is 16.7 Å². The van der Waals surface area contributed by atoms with E-state index < -0.39 is 5.82 Å². The van der Waals surface area contributed by atoms with Gasteiger partial charge in [0.2, 0.25) is 5.28 Å². The van der Waals surface area contributed by atoms with E-state index in [0.717, 1.165) is 6.20 Å². The quantitative estimate of drug-likeness (QED) is 0.807. The van der Waals surface area contributed by atoms with Crippen LogP contribution in [-0.4, -0.2) is 34.3 Å². The number of rotatable bonds is 5. The Bertz CT molecular complexity index is 349. The molecule has 1 aromatic heterocycles. The van der Waals surface area contributed by atoms with Crippen LogP contribution >= 0.6 is 11.6 Å². The fourth-order valence-corrected chi connectivity index (χ4v) is 1.52. The smallest absolute Gasteiger partial charge is 0.224 e. The van der Waals surface area contributed by atoms with Gasteiger partial charge >= 0.3 is 0 Å². The van der Waals surface area contributed by atoms with Gasteiger partial charge in [0.15, 0.2) is 11.6 Å². The molecule has 0 aliphatic carbocycles. The monoisotopic (exact) mass is 247 g/mol. The van der Waals surface area contributed by atoms with Crippen molar-refractivity contribution >= 4 is 17.4 Å². The number of aliphatic hydroxyl groups is 1. The lowest BCUT2D eigenvalue weighted by molar-refractivity contribution is 0.288. The molecule has 1 rings (SSSR count). The Labute approximate surface area is 99.1 Å². The summed E-state index contributed by atoms with van der Waals surface area (Å²) in [5.74, 6) is -0.320. The van der Waals surface area contributed by atoms with Crippen molar-refractivity contribution in [3.05, 3.63) is 17.3 Å². The van der Waals surface area contributed by atoms with Crippen LogP contribution in [0.15, 0.2) is 6.20 Å². The highest BCUT2D eigenvalue weighted by molar-refractivity contribution is 6.28. The van der Waals surface area contributed by atoms with Crippen molar-refractivity contribution in [1.82, 2.24) is 9.97 Å². The number of aliphatic hydroxyl groups excluding tert-OH is 1. The highest BCUT2D eigenvalue weighted by Gasteiger charge is 2.16. The second-order valence-electron chi connectivity index (χ2n) is 3.67. The van der Waals surface area contributed by atoms with Crippen LogP contribution in [0.2, 0.25) is 5.28 Å². The van der Waals surface area contributed by atoms with E-state index in [-0.39, 0.29) is 23.8 Å². The third-order valence-electron chi connectivity index (χ3n) is 2.15. The van der Waals surface area contributed by atoms with Crippen LogP contribution in [0.25, 0.3) is 0 Å². The van der Waals surface area contributed by atoms with Gasteiger partial charge in [0.1, 0.15) is 0 Å². The Balaban J connectivity index is 2.95. The molecule has 0 bridgehead atoms. The van der Waals surface area contributed by atoms with Gasteiger partial charge in [0.25, 0.3) is 0 Å². The number of anilines is 1. The van der Waals surface area contributed by atoms with E-state index in [0.29, 0.717) is 13.0 Å². The first-order valence-corrected chi connectivity index (χ1v) is 5.49. The molecule has 16 heavy (non-hydrogen) atoms. The maximum Gasteiger partial charge on any atom is 0.224 e. The van der Waals surface area contributed by atoms with Crippen LogP contribution in [0.5, 0.6) is 0 Å². The molecule has 0 amide bonds. The summed E-state index contributed by atoms with van der Waals surface area (Å²) in [5, 5.41) is 8.81. The first-order valence-electron chi connectivity index (χ1n) is 5.11. The maximum absolute atomic E-state index is 13.5. The molecule has 1 N–H and O–H groups in total. The van der Waals surface area contributed by atoms with Crippen molar-refractivity contribution in [2.24, 2.45) is 0 Å². The first kappa shape index (κ1) is 13.1. The summed E-state index contributed by atoms with van der Waals surface area (Å²) in [6.07, 6.45) is 1.61. The molecule has 0 unspecified atom stereocenters. The number of nitrogens with zero attached hydrogens (tertiary/aromatic N) is 3. The summed E-state index contributed by atoms with van der Waals surface area (Å²) in [7, 11) is 0. The van der Waals surface area contributed by atoms with Crippen LogP contribution in [0.3, 0.4) is 0 Å². The number of hydrogen-bond donors (Lipinski definition) is 1. The van der Waals surface area contributed by atoms with Crippen LogP contribution in [0.4, 0.5) is 10.2 Å². The largest absolute Gasteiger partial charge is 0.396 e. The molecule has 6 heteroatoms. The second kappa shape index (κ2) is 5.96. The lowest BCUT2D eigenvalue weighted by Gasteiger charge is -2.27. The van der Waals surface area contributed by atoms with Gasteiger partial charge in [-0.1, -0.05) is 0 Å². The third-order valence-corrected chi connectivity index (χ3v) is 2.33. The van der Waals surface area contributed by atoms with Gasteiger partial charge in [-0.2, -0.15) is 4.98 Å². The maximum atomic E-state index is 13.5. The molecule has 0 spiro atoms. The molecular formula is C10H15ClFN3O. The summed E-state index contributed by atoms with van der Waals surface area (Å²) < 4.78 is 13.5. The molecule has 0 aliphatic rings. The van der Waals surface area contributed by atoms with Crippen LogP contribution in [0.1, 0.15) is 20.3 Å². The SMILES string of the molecule is CC(C)N(CCCO)c1nc(Cl)ncc1F. The zero-order valence-corrected chi connectivity index (χ0v) is 10.1. The average molecular weight is 248 g/mol. The summed E-state index contributed by atoms with van der Waals surface area (Å²) >= 11 is 5.63. The first-order chi connectivity index (χ1) is 7.56. The van der Waals surface area contributed by atoms with Crippen molar-refractivity contribution in [3.63, 3.8) is 0 Å². The Hall–Kier alpha value is -0.940. The summed E-state index contributed by atoms with van der Waals surface area (Å²) in [5.41, 5.74) is 0. The van der Waals surface area contributed by atoms with Crippen LogP contribution in [0, 0.1) is 5.82 Å². The van der Waals surface area contributed by atoms with Gasteiger partial charge in [-0.3, -0.25) is 0 Å². The van der Waals surface area contributed by atoms with E-state index >= 15 is 0 Å². The van der Waals surface area contributed by atoms with Gasteiger partial charge in [0, 0.05) is 19.2 Å². The predicted octanol–water partition coefficient (Wildman–Crippen LogP) is 1.87. The molecule has 4 nitrogen and oxygen atoms in total. The Kier molecular flexibility index (Phi) is 4.89. The minimum atomic E-state index is -0.504. The molecule has 1 heterocycles. The molecule has 0 atom stereocenters. The fourth-order valence-electron chi connectivity index (χ4n) is 1.39. The van der Waals surface area contributed by atoms with Gasteiger partial charge in [-0.15, -0.1) is 0 Å². The van der Waals surface area contributed by atoms with Crippen molar-refractivity contribution < 1.29 is 9.50 Å². The molecule has 0 aromatic carbocycles. The molecule has 0 radical (unpaired) electrons. The Morgan fingerprint density at radius 2 is 2.25 bits per heavy atom. The standard InChI is InChI=1S/C10H15ClFN3O/c1-7(2)15(4-3-5-16)9-8(12)6-13-10(11)14-9/h6-7,16H,3-5H2,1-2H3. The highest BCUT2D eigenvalue weighted by Crippen LogP contribution is 2.19. The van der Waals surface area contributed by atoms with Gasteiger partial charge < -0.3 is 10.0 Å². The number of aromatic nitrogens is 2. The second-order valence-corrected chi connectivity index (χ2v) is 4.01. The third kappa shape index (κ3) is 3.28. The van der Waals surface area contributed by atoms with Crippen molar-refractivity contribution in [1.29, 1.82) is 0 Å². The van der Waals surface area contributed by atoms with Crippen molar-refractivity contribution in [2.75, 3.05) is 18.1 Å². The minimum Gasteiger partial charge on any atom is -0.396 e. The summed E-state index contributed by atoms with van der Waals surface area (Å²) in [6.45, 7) is 4.43. The summed E-state index contributed by atoms with van der Waals surface area (Å²) in [4.78, 5) is 9.18. The van der Waals surface area contributed by atoms with Crippen LogP contribution in [-0.2, 0) is 0 Å². The van der Waals surface area contributed by atoms with Gasteiger partial charge in [0.05, 0.1) is 6.20 Å². The lowest BCUT2D eigenvalue weighted by Crippen LogP contribution is -2.33. The van der Waals surface area contributed by atoms with E-state index in [1.165, 1.54) is 0 Å². The minimum absolute atomic E-state index is 0.0195. The van der Waals surface area contributed by atoms with Crippen LogP contribution < -0.4 is 4.90 Å². The topological polar surface area (TPSA) is 49.2 Å². The zero-order chi connectivity index (χ0) is 12.1. The van der Waals surface area contributed by atoms with Gasteiger partial charge in [-0.05, 0) is 31.9 Å². The van der Waals surface area contributed by atoms with E-state index in [2.05, 4.69) is 9.97 Å². The molecule has 0 aliphatic heterocycles. The molecule has 1 aromatic rings. The molecule has 0 saturated carbocycles. The van der Waals surface area contributed by atoms with E-state index in [1.807, 2.05) is 13.8 Å².